The lowest BCUT2D eigenvalue weighted by Gasteiger charge is -2.17. The summed E-state index contributed by atoms with van der Waals surface area (Å²) in [5.74, 6) is -1.51. The molecule has 0 spiro atoms. The van der Waals surface area contributed by atoms with E-state index >= 15 is 0 Å². The molecule has 1 aromatic carbocycles. The van der Waals surface area contributed by atoms with Crippen molar-refractivity contribution in [2.24, 2.45) is 12.5 Å². The summed E-state index contributed by atoms with van der Waals surface area (Å²) in [6.07, 6.45) is 1.30. The summed E-state index contributed by atoms with van der Waals surface area (Å²) < 4.78 is 40.0. The highest BCUT2D eigenvalue weighted by Crippen LogP contribution is 2.31. The number of halogens is 2. The molecule has 1 amide bonds. The molecule has 6 nitrogen and oxygen atoms in total. The number of hydrogen-bond donors (Lipinski definition) is 1. The van der Waals surface area contributed by atoms with Crippen LogP contribution in [0.15, 0.2) is 29.3 Å². The van der Waals surface area contributed by atoms with Crippen LogP contribution in [0.25, 0.3) is 0 Å². The van der Waals surface area contributed by atoms with E-state index in [-0.39, 0.29) is 32.6 Å². The Morgan fingerprint density at radius 3 is 2.56 bits per heavy atom. The number of aryl methyl sites for hydroxylation is 1. The van der Waals surface area contributed by atoms with Crippen LogP contribution in [0.4, 0.5) is 10.1 Å². The topological polar surface area (TPSA) is 92.0 Å². The third kappa shape index (κ3) is 4.67. The molecule has 0 aliphatic carbocycles. The number of sulfone groups is 1. The maximum absolute atomic E-state index is 13.4. The van der Waals surface area contributed by atoms with Crippen molar-refractivity contribution in [1.29, 1.82) is 5.26 Å². The van der Waals surface area contributed by atoms with E-state index < -0.39 is 27.0 Å². The van der Waals surface area contributed by atoms with Crippen LogP contribution in [0.1, 0.15) is 36.8 Å². The zero-order valence-corrected chi connectivity index (χ0v) is 16.9. The molecule has 144 valence electrons. The molecule has 2 rings (SSSR count). The van der Waals surface area contributed by atoms with Gasteiger partial charge in [0.05, 0.1) is 16.3 Å². The van der Waals surface area contributed by atoms with Crippen LogP contribution in [0.2, 0.25) is 5.02 Å². The van der Waals surface area contributed by atoms with Crippen molar-refractivity contribution in [3.05, 3.63) is 46.5 Å². The largest absolute Gasteiger partial charge is 0.344 e. The lowest BCUT2D eigenvalue weighted by Crippen LogP contribution is -2.21. The number of carbonyl (C=O) groups excluding carboxylic acids is 1. The highest BCUT2D eigenvalue weighted by Gasteiger charge is 2.30. The number of anilines is 1. The van der Waals surface area contributed by atoms with Crippen molar-refractivity contribution in [3.8, 4) is 6.07 Å². The molecule has 1 aromatic heterocycles. The van der Waals surface area contributed by atoms with E-state index in [1.54, 1.807) is 26.8 Å². The monoisotopic (exact) mass is 411 g/mol. The molecule has 0 aliphatic rings. The van der Waals surface area contributed by atoms with Crippen molar-refractivity contribution in [2.75, 3.05) is 11.1 Å². The lowest BCUT2D eigenvalue weighted by molar-refractivity contribution is 0.101. The third-order valence-electron chi connectivity index (χ3n) is 3.61. The van der Waals surface area contributed by atoms with Crippen LogP contribution in [0.5, 0.6) is 0 Å². The van der Waals surface area contributed by atoms with E-state index in [4.69, 9.17) is 16.9 Å². The van der Waals surface area contributed by atoms with Crippen LogP contribution >= 0.6 is 11.6 Å². The molecule has 1 heterocycles. The number of nitriles is 1. The van der Waals surface area contributed by atoms with E-state index in [9.17, 15) is 17.6 Å². The smallest absolute Gasteiger partial charge is 0.273 e. The zero-order chi connectivity index (χ0) is 20.6. The van der Waals surface area contributed by atoms with Crippen molar-refractivity contribution in [2.45, 2.75) is 25.7 Å². The summed E-state index contributed by atoms with van der Waals surface area (Å²) in [6.45, 7) is 5.36. The summed E-state index contributed by atoms with van der Waals surface area (Å²) in [4.78, 5) is 12.5. The molecule has 0 aliphatic heterocycles. The number of benzene rings is 1. The molecule has 9 heteroatoms. The van der Waals surface area contributed by atoms with Gasteiger partial charge in [-0.25, -0.2) is 12.8 Å². The van der Waals surface area contributed by atoms with Crippen molar-refractivity contribution in [1.82, 2.24) is 4.57 Å². The van der Waals surface area contributed by atoms with E-state index in [1.165, 1.54) is 29.9 Å². The standard InChI is InChI=1S/C18H19ClFN3O3S/c1-18(2,3)10-27(25,26)14-9-23(4)16(15(14)19)17(24)22-12-5-6-13(20)11(7-12)8-21/h5-7,9H,10H2,1-4H3,(H,22,24). The fraction of sp³-hybridized carbons (Fsp3) is 0.333. The lowest BCUT2D eigenvalue weighted by atomic mass is 10.0. The van der Waals surface area contributed by atoms with Gasteiger partial charge in [0.25, 0.3) is 5.91 Å². The Balaban J connectivity index is 2.39. The van der Waals surface area contributed by atoms with Gasteiger partial charge in [-0.3, -0.25) is 4.79 Å². The number of hydrogen-bond acceptors (Lipinski definition) is 4. The second-order valence-corrected chi connectivity index (χ2v) is 9.68. The van der Waals surface area contributed by atoms with Gasteiger partial charge in [0, 0.05) is 18.9 Å². The molecule has 0 atom stereocenters. The highest BCUT2D eigenvalue weighted by molar-refractivity contribution is 7.91. The second-order valence-electron chi connectivity index (χ2n) is 7.35. The quantitative estimate of drug-likeness (QED) is 0.828. The van der Waals surface area contributed by atoms with E-state index in [0.29, 0.717) is 0 Å². The SMILES string of the molecule is Cn1cc(S(=O)(=O)CC(C)(C)C)c(Cl)c1C(=O)Nc1ccc(F)c(C#N)c1. The molecular weight excluding hydrogens is 393 g/mol. The Labute approximate surface area is 162 Å². The predicted molar refractivity (Wildman–Crippen MR) is 101 cm³/mol. The molecule has 2 aromatic rings. The molecule has 0 saturated carbocycles. The molecule has 0 saturated heterocycles. The average Bonchev–Trinajstić information content (AvgIpc) is 2.82. The summed E-state index contributed by atoms with van der Waals surface area (Å²) >= 11 is 6.21. The highest BCUT2D eigenvalue weighted by atomic mass is 35.5. The second kappa shape index (κ2) is 7.33. The van der Waals surface area contributed by atoms with Crippen LogP contribution in [-0.2, 0) is 16.9 Å². The van der Waals surface area contributed by atoms with Crippen molar-refractivity contribution in [3.63, 3.8) is 0 Å². The maximum Gasteiger partial charge on any atom is 0.273 e. The number of rotatable bonds is 4. The number of nitrogens with one attached hydrogen (secondary N) is 1. The zero-order valence-electron chi connectivity index (χ0n) is 15.3. The summed E-state index contributed by atoms with van der Waals surface area (Å²) in [5.41, 5.74) is -0.567. The van der Waals surface area contributed by atoms with E-state index in [0.717, 1.165) is 6.07 Å². The Morgan fingerprint density at radius 1 is 1.37 bits per heavy atom. The summed E-state index contributed by atoms with van der Waals surface area (Å²) in [7, 11) is -2.20. The molecule has 0 bridgehead atoms. The maximum atomic E-state index is 13.4. The van der Waals surface area contributed by atoms with Crippen LogP contribution in [-0.4, -0.2) is 24.6 Å². The summed E-state index contributed by atoms with van der Waals surface area (Å²) in [5, 5.41) is 11.2. The van der Waals surface area contributed by atoms with Gasteiger partial charge in [0.15, 0.2) is 9.84 Å². The van der Waals surface area contributed by atoms with Gasteiger partial charge in [-0.15, -0.1) is 0 Å². The Bertz CT molecular complexity index is 1050. The van der Waals surface area contributed by atoms with Crippen molar-refractivity contribution < 1.29 is 17.6 Å². The van der Waals surface area contributed by atoms with E-state index in [2.05, 4.69) is 5.32 Å². The Hall–Kier alpha value is -2.37. The molecule has 0 radical (unpaired) electrons. The minimum atomic E-state index is -3.70. The first-order valence-electron chi connectivity index (χ1n) is 7.94. The Kier molecular flexibility index (Phi) is 5.68. The van der Waals surface area contributed by atoms with Gasteiger partial charge in [-0.1, -0.05) is 32.4 Å². The normalized spacial score (nSPS) is 11.9. The fourth-order valence-electron chi connectivity index (χ4n) is 2.57. The van der Waals surface area contributed by atoms with Gasteiger partial charge in [-0.2, -0.15) is 5.26 Å². The molecule has 1 N–H and O–H groups in total. The molecular formula is C18H19ClFN3O3S. The van der Waals surface area contributed by atoms with Gasteiger partial charge in [0.2, 0.25) is 0 Å². The first kappa shape index (κ1) is 20.9. The predicted octanol–water partition coefficient (Wildman–Crippen LogP) is 3.76. The van der Waals surface area contributed by atoms with Gasteiger partial charge >= 0.3 is 0 Å². The van der Waals surface area contributed by atoms with Gasteiger partial charge < -0.3 is 9.88 Å². The Morgan fingerprint density at radius 2 is 2.00 bits per heavy atom. The van der Waals surface area contributed by atoms with Gasteiger partial charge in [-0.05, 0) is 23.6 Å². The van der Waals surface area contributed by atoms with Crippen LogP contribution < -0.4 is 5.32 Å². The number of nitrogens with zero attached hydrogens (tertiary/aromatic N) is 2. The first-order valence-corrected chi connectivity index (χ1v) is 9.97. The number of aromatic nitrogens is 1. The molecule has 0 fully saturated rings. The summed E-state index contributed by atoms with van der Waals surface area (Å²) in [6, 6.07) is 5.21. The third-order valence-corrected chi connectivity index (χ3v) is 6.33. The minimum absolute atomic E-state index is 0.0491. The van der Waals surface area contributed by atoms with Gasteiger partial charge in [0.1, 0.15) is 22.5 Å². The minimum Gasteiger partial charge on any atom is -0.344 e. The molecule has 27 heavy (non-hydrogen) atoms. The number of carbonyl (C=O) groups is 1. The van der Waals surface area contributed by atoms with Crippen LogP contribution in [0.3, 0.4) is 0 Å². The first-order chi connectivity index (χ1) is 12.4. The van der Waals surface area contributed by atoms with E-state index in [1.807, 2.05) is 0 Å². The average molecular weight is 412 g/mol. The number of amides is 1. The fourth-order valence-corrected chi connectivity index (χ4v) is 5.18. The van der Waals surface area contributed by atoms with Crippen LogP contribution in [0, 0.1) is 22.6 Å². The molecule has 0 unspecified atom stereocenters. The van der Waals surface area contributed by atoms with Crippen molar-refractivity contribution >= 4 is 33.0 Å².